The van der Waals surface area contributed by atoms with Gasteiger partial charge in [0.2, 0.25) is 0 Å². The summed E-state index contributed by atoms with van der Waals surface area (Å²) >= 11 is 0. The number of halogens is 3. The van der Waals surface area contributed by atoms with Gasteiger partial charge in [-0.05, 0) is 38.8 Å². The summed E-state index contributed by atoms with van der Waals surface area (Å²) in [6.45, 7) is 3.45. The average Bonchev–Trinajstić information content (AvgIpc) is 3.28. The van der Waals surface area contributed by atoms with Gasteiger partial charge in [-0.25, -0.2) is 4.98 Å². The van der Waals surface area contributed by atoms with Crippen LogP contribution in [0.4, 0.5) is 13.2 Å². The molecule has 0 radical (unpaired) electrons. The second kappa shape index (κ2) is 5.85. The van der Waals surface area contributed by atoms with Crippen LogP contribution in [0.25, 0.3) is 0 Å². The van der Waals surface area contributed by atoms with Crippen LogP contribution in [0, 0.1) is 13.8 Å². The molecule has 8 heteroatoms. The molecule has 2 aromatic rings. The number of aryl methyl sites for hydroxylation is 1. The maximum atomic E-state index is 12.5. The van der Waals surface area contributed by atoms with Gasteiger partial charge >= 0.3 is 6.18 Å². The van der Waals surface area contributed by atoms with E-state index in [2.05, 4.69) is 15.3 Å². The van der Waals surface area contributed by atoms with Crippen LogP contribution in [0.5, 0.6) is 11.5 Å². The van der Waals surface area contributed by atoms with E-state index in [4.69, 9.17) is 4.74 Å². The Hall–Kier alpha value is -2.51. The van der Waals surface area contributed by atoms with Crippen molar-refractivity contribution in [1.82, 2.24) is 15.3 Å². The van der Waals surface area contributed by atoms with E-state index in [0.29, 0.717) is 22.7 Å². The molecule has 1 saturated carbocycles. The lowest BCUT2D eigenvalue weighted by Crippen LogP contribution is -2.26. The normalized spacial score (nSPS) is 14.5. The molecule has 128 valence electrons. The highest BCUT2D eigenvalue weighted by molar-refractivity contribution is 5.95. The van der Waals surface area contributed by atoms with Gasteiger partial charge in [0.05, 0.1) is 11.9 Å². The van der Waals surface area contributed by atoms with Crippen LogP contribution < -0.4 is 10.1 Å². The number of hydrogen-bond acceptors (Lipinski definition) is 3. The number of pyridine rings is 1. The van der Waals surface area contributed by atoms with Gasteiger partial charge in [-0.2, -0.15) is 13.2 Å². The Morgan fingerprint density at radius 1 is 1.33 bits per heavy atom. The van der Waals surface area contributed by atoms with Crippen molar-refractivity contribution >= 4 is 5.91 Å². The molecule has 1 aliphatic carbocycles. The first-order valence-corrected chi connectivity index (χ1v) is 7.47. The van der Waals surface area contributed by atoms with Crippen molar-refractivity contribution in [3.8, 4) is 11.5 Å². The molecule has 0 aliphatic heterocycles. The van der Waals surface area contributed by atoms with E-state index in [-0.39, 0.29) is 17.7 Å². The molecule has 2 heterocycles. The fourth-order valence-corrected chi connectivity index (χ4v) is 2.32. The Kier molecular flexibility index (Phi) is 3.98. The molecule has 1 amide bonds. The summed E-state index contributed by atoms with van der Waals surface area (Å²) in [4.78, 5) is 18.5. The number of carbonyl (C=O) groups excluding carboxylic acids is 1. The van der Waals surface area contributed by atoms with Crippen molar-refractivity contribution in [2.24, 2.45) is 0 Å². The van der Waals surface area contributed by atoms with Crippen LogP contribution in [0.15, 0.2) is 18.3 Å². The van der Waals surface area contributed by atoms with Crippen molar-refractivity contribution < 1.29 is 22.7 Å². The number of rotatable bonds is 4. The Bertz CT molecular complexity index is 762. The van der Waals surface area contributed by atoms with Crippen LogP contribution >= 0.6 is 0 Å². The van der Waals surface area contributed by atoms with Crippen molar-refractivity contribution in [1.29, 1.82) is 0 Å². The third kappa shape index (κ3) is 3.37. The van der Waals surface area contributed by atoms with Crippen LogP contribution in [0.3, 0.4) is 0 Å². The number of ether oxygens (including phenoxy) is 1. The van der Waals surface area contributed by atoms with Gasteiger partial charge in [0.15, 0.2) is 5.75 Å². The number of H-pyrrole nitrogens is 1. The second-order valence-corrected chi connectivity index (χ2v) is 5.81. The summed E-state index contributed by atoms with van der Waals surface area (Å²) in [5, 5.41) is 2.88. The van der Waals surface area contributed by atoms with E-state index >= 15 is 0 Å². The smallest absolute Gasteiger partial charge is 0.433 e. The number of amides is 1. The van der Waals surface area contributed by atoms with E-state index in [0.717, 1.165) is 25.1 Å². The molecule has 0 unspecified atom stereocenters. The summed E-state index contributed by atoms with van der Waals surface area (Å²) < 4.78 is 43.2. The van der Waals surface area contributed by atoms with E-state index in [9.17, 15) is 18.0 Å². The predicted molar refractivity (Wildman–Crippen MR) is 80.1 cm³/mol. The standard InChI is InChI=1S/C16H16F3N3O2/c1-8-13(15(23)22-10-3-4-10)21-9(2)14(8)24-11-5-6-12(20-7-11)16(17,18)19/h5-7,10,21H,3-4H2,1-2H3,(H,22,23). The molecule has 0 aromatic carbocycles. The number of aromatic nitrogens is 2. The lowest BCUT2D eigenvalue weighted by molar-refractivity contribution is -0.141. The number of nitrogens with one attached hydrogen (secondary N) is 2. The van der Waals surface area contributed by atoms with Gasteiger partial charge in [0.25, 0.3) is 5.91 Å². The molecule has 0 bridgehead atoms. The molecule has 24 heavy (non-hydrogen) atoms. The molecular weight excluding hydrogens is 323 g/mol. The molecule has 0 spiro atoms. The zero-order chi connectivity index (χ0) is 17.5. The van der Waals surface area contributed by atoms with Crippen molar-refractivity contribution in [2.45, 2.75) is 38.9 Å². The summed E-state index contributed by atoms with van der Waals surface area (Å²) in [7, 11) is 0. The second-order valence-electron chi connectivity index (χ2n) is 5.81. The zero-order valence-corrected chi connectivity index (χ0v) is 13.1. The molecule has 1 aliphatic rings. The van der Waals surface area contributed by atoms with Crippen LogP contribution in [-0.2, 0) is 6.18 Å². The Morgan fingerprint density at radius 2 is 2.04 bits per heavy atom. The van der Waals surface area contributed by atoms with Crippen molar-refractivity contribution in [2.75, 3.05) is 0 Å². The van der Waals surface area contributed by atoms with Crippen LogP contribution in [-0.4, -0.2) is 21.9 Å². The minimum absolute atomic E-state index is 0.169. The van der Waals surface area contributed by atoms with Gasteiger partial charge < -0.3 is 15.0 Å². The van der Waals surface area contributed by atoms with E-state index in [1.165, 1.54) is 6.07 Å². The molecule has 3 rings (SSSR count). The largest absolute Gasteiger partial charge is 0.454 e. The number of alkyl halides is 3. The van der Waals surface area contributed by atoms with Gasteiger partial charge in [0, 0.05) is 11.6 Å². The van der Waals surface area contributed by atoms with Crippen LogP contribution in [0.1, 0.15) is 40.3 Å². The molecule has 0 saturated heterocycles. The highest BCUT2D eigenvalue weighted by Crippen LogP contribution is 2.33. The van der Waals surface area contributed by atoms with Crippen LogP contribution in [0.2, 0.25) is 0 Å². The Morgan fingerprint density at radius 3 is 2.58 bits per heavy atom. The fourth-order valence-electron chi connectivity index (χ4n) is 2.32. The minimum Gasteiger partial charge on any atom is -0.454 e. The Balaban J connectivity index is 1.79. The highest BCUT2D eigenvalue weighted by atomic mass is 19.4. The summed E-state index contributed by atoms with van der Waals surface area (Å²) in [5.41, 5.74) is 0.634. The van der Waals surface area contributed by atoms with Crippen molar-refractivity contribution in [3.05, 3.63) is 41.0 Å². The molecule has 0 atom stereocenters. The third-order valence-electron chi connectivity index (χ3n) is 3.76. The number of aromatic amines is 1. The molecular formula is C16H16F3N3O2. The van der Waals surface area contributed by atoms with E-state index in [1.54, 1.807) is 13.8 Å². The number of carbonyl (C=O) groups is 1. The number of nitrogens with zero attached hydrogens (tertiary/aromatic N) is 1. The summed E-state index contributed by atoms with van der Waals surface area (Å²) in [6, 6.07) is 2.28. The Labute approximate surface area is 136 Å². The quantitative estimate of drug-likeness (QED) is 0.892. The van der Waals surface area contributed by atoms with Crippen molar-refractivity contribution in [3.63, 3.8) is 0 Å². The van der Waals surface area contributed by atoms with Gasteiger partial charge in [0.1, 0.15) is 17.1 Å². The minimum atomic E-state index is -4.49. The van der Waals surface area contributed by atoms with Gasteiger partial charge in [-0.3, -0.25) is 4.79 Å². The lowest BCUT2D eigenvalue weighted by atomic mass is 10.2. The first-order chi connectivity index (χ1) is 11.3. The number of hydrogen-bond donors (Lipinski definition) is 2. The SMILES string of the molecule is Cc1[nH]c(C(=O)NC2CC2)c(C)c1Oc1ccc(C(F)(F)F)nc1. The summed E-state index contributed by atoms with van der Waals surface area (Å²) in [5.74, 6) is 0.373. The predicted octanol–water partition coefficient (Wildman–Crippen LogP) is 3.73. The van der Waals surface area contributed by atoms with Gasteiger partial charge in [-0.1, -0.05) is 0 Å². The van der Waals surface area contributed by atoms with Gasteiger partial charge in [-0.15, -0.1) is 0 Å². The molecule has 2 N–H and O–H groups in total. The molecule has 2 aromatic heterocycles. The summed E-state index contributed by atoms with van der Waals surface area (Å²) in [6.07, 6.45) is -1.53. The third-order valence-corrected chi connectivity index (χ3v) is 3.76. The maximum absolute atomic E-state index is 12.5. The zero-order valence-electron chi connectivity index (χ0n) is 13.1. The van der Waals surface area contributed by atoms with E-state index in [1.807, 2.05) is 0 Å². The molecule has 5 nitrogen and oxygen atoms in total. The fraction of sp³-hybridized carbons (Fsp3) is 0.375. The maximum Gasteiger partial charge on any atom is 0.433 e. The lowest BCUT2D eigenvalue weighted by Gasteiger charge is -2.09. The van der Waals surface area contributed by atoms with E-state index < -0.39 is 11.9 Å². The first kappa shape index (κ1) is 16.4. The topological polar surface area (TPSA) is 67.0 Å². The average molecular weight is 339 g/mol. The highest BCUT2D eigenvalue weighted by Gasteiger charge is 2.32. The monoisotopic (exact) mass is 339 g/mol. The first-order valence-electron chi connectivity index (χ1n) is 7.47. The molecule has 1 fully saturated rings.